The van der Waals surface area contributed by atoms with Crippen molar-refractivity contribution in [3.8, 4) is 11.8 Å². The molecular weight excluding hydrogens is 322 g/mol. The van der Waals surface area contributed by atoms with Crippen molar-refractivity contribution in [1.29, 1.82) is 0 Å². The number of aliphatic hydroxyl groups excluding tert-OH is 1. The predicted molar refractivity (Wildman–Crippen MR) is 66.8 cm³/mol. The first-order valence-corrected chi connectivity index (χ1v) is 6.06. The first kappa shape index (κ1) is 13.8. The zero-order valence-electron chi connectivity index (χ0n) is 9.82. The minimum atomic E-state index is -1.12. The molecule has 0 unspecified atom stereocenters. The van der Waals surface area contributed by atoms with Crippen LogP contribution in [0.4, 0.5) is 8.78 Å². The Bertz CT molecular complexity index is 623. The molecule has 0 radical (unpaired) electrons. The van der Waals surface area contributed by atoms with Gasteiger partial charge in [0.05, 0.1) is 12.3 Å². The van der Waals surface area contributed by atoms with Crippen LogP contribution < -0.4 is 4.74 Å². The van der Waals surface area contributed by atoms with Crippen molar-refractivity contribution in [2.24, 2.45) is 0 Å². The Hall–Kier alpha value is -1.60. The number of hydrogen-bond acceptors (Lipinski definition) is 4. The van der Waals surface area contributed by atoms with Crippen molar-refractivity contribution in [1.82, 2.24) is 9.97 Å². The lowest BCUT2D eigenvalue weighted by Gasteiger charge is -2.08. The standard InChI is InChI=1S/C12H9BrF2N2O2/c1-6-7(5-18)4-16-12(17-6)19-10-3-8(13)2-9(14)11(10)15/h2-4,18H,5H2,1H3. The normalized spacial score (nSPS) is 10.6. The lowest BCUT2D eigenvalue weighted by Crippen LogP contribution is -2.00. The molecule has 1 aromatic carbocycles. The summed E-state index contributed by atoms with van der Waals surface area (Å²) < 4.78 is 32.1. The Morgan fingerprint density at radius 1 is 1.37 bits per heavy atom. The molecule has 0 aliphatic carbocycles. The number of aliphatic hydroxyl groups is 1. The maximum atomic E-state index is 13.5. The molecule has 0 saturated heterocycles. The van der Waals surface area contributed by atoms with Gasteiger partial charge in [-0.3, -0.25) is 0 Å². The van der Waals surface area contributed by atoms with Gasteiger partial charge in [-0.25, -0.2) is 9.37 Å². The van der Waals surface area contributed by atoms with Gasteiger partial charge in [-0.05, 0) is 19.1 Å². The van der Waals surface area contributed by atoms with E-state index >= 15 is 0 Å². The summed E-state index contributed by atoms with van der Waals surface area (Å²) in [6.45, 7) is 1.45. The summed E-state index contributed by atoms with van der Waals surface area (Å²) in [6, 6.07) is 2.14. The van der Waals surface area contributed by atoms with Crippen molar-refractivity contribution in [2.45, 2.75) is 13.5 Å². The molecule has 0 saturated carbocycles. The van der Waals surface area contributed by atoms with Crippen LogP contribution in [-0.4, -0.2) is 15.1 Å². The van der Waals surface area contributed by atoms with Crippen molar-refractivity contribution < 1.29 is 18.6 Å². The second-order valence-electron chi connectivity index (χ2n) is 3.72. The lowest BCUT2D eigenvalue weighted by atomic mass is 10.3. The van der Waals surface area contributed by atoms with Crippen LogP contribution in [0.1, 0.15) is 11.3 Å². The molecule has 19 heavy (non-hydrogen) atoms. The van der Waals surface area contributed by atoms with E-state index in [0.717, 1.165) is 6.07 Å². The van der Waals surface area contributed by atoms with E-state index in [0.29, 0.717) is 15.7 Å². The minimum absolute atomic E-state index is 0.119. The molecule has 1 N–H and O–H groups in total. The number of ether oxygens (including phenoxy) is 1. The zero-order chi connectivity index (χ0) is 14.0. The molecular formula is C12H9BrF2N2O2. The minimum Gasteiger partial charge on any atom is -0.421 e. The van der Waals surface area contributed by atoms with E-state index in [2.05, 4.69) is 25.9 Å². The van der Waals surface area contributed by atoms with Gasteiger partial charge >= 0.3 is 6.01 Å². The highest BCUT2D eigenvalue weighted by molar-refractivity contribution is 9.10. The van der Waals surface area contributed by atoms with Crippen LogP contribution in [0.5, 0.6) is 11.8 Å². The van der Waals surface area contributed by atoms with Gasteiger partial charge in [-0.15, -0.1) is 0 Å². The molecule has 4 nitrogen and oxygen atoms in total. The maximum Gasteiger partial charge on any atom is 0.322 e. The molecule has 0 spiro atoms. The van der Waals surface area contributed by atoms with Crippen molar-refractivity contribution in [3.05, 3.63) is 45.7 Å². The first-order chi connectivity index (χ1) is 9.01. The van der Waals surface area contributed by atoms with Crippen LogP contribution in [0.3, 0.4) is 0 Å². The van der Waals surface area contributed by atoms with E-state index < -0.39 is 11.6 Å². The maximum absolute atomic E-state index is 13.5. The molecule has 1 heterocycles. The SMILES string of the molecule is Cc1nc(Oc2cc(Br)cc(F)c2F)ncc1CO. The second-order valence-corrected chi connectivity index (χ2v) is 4.64. The lowest BCUT2D eigenvalue weighted by molar-refractivity contribution is 0.279. The smallest absolute Gasteiger partial charge is 0.322 e. The highest BCUT2D eigenvalue weighted by atomic mass is 79.9. The van der Waals surface area contributed by atoms with Crippen molar-refractivity contribution in [2.75, 3.05) is 0 Å². The fourth-order valence-electron chi connectivity index (χ4n) is 1.38. The van der Waals surface area contributed by atoms with Crippen molar-refractivity contribution >= 4 is 15.9 Å². The predicted octanol–water partition coefficient (Wildman–Crippen LogP) is 3.11. The summed E-state index contributed by atoms with van der Waals surface area (Å²) in [5.74, 6) is -2.47. The Morgan fingerprint density at radius 3 is 2.74 bits per heavy atom. The van der Waals surface area contributed by atoms with Gasteiger partial charge in [-0.1, -0.05) is 15.9 Å². The van der Waals surface area contributed by atoms with Gasteiger partial charge in [0.2, 0.25) is 5.82 Å². The van der Waals surface area contributed by atoms with Crippen LogP contribution in [0, 0.1) is 18.6 Å². The fourth-order valence-corrected chi connectivity index (χ4v) is 1.79. The first-order valence-electron chi connectivity index (χ1n) is 5.27. The van der Waals surface area contributed by atoms with Gasteiger partial charge in [0, 0.05) is 16.2 Å². The molecule has 2 rings (SSSR count). The summed E-state index contributed by atoms with van der Waals surface area (Å²) >= 11 is 3.04. The Balaban J connectivity index is 2.33. The van der Waals surface area contributed by atoms with E-state index in [9.17, 15) is 8.78 Å². The van der Waals surface area contributed by atoms with Gasteiger partial charge in [0.25, 0.3) is 0 Å². The quantitative estimate of drug-likeness (QED) is 0.878. The summed E-state index contributed by atoms with van der Waals surface area (Å²) in [4.78, 5) is 7.75. The summed E-state index contributed by atoms with van der Waals surface area (Å²) in [5, 5.41) is 8.98. The van der Waals surface area contributed by atoms with Crippen LogP contribution in [-0.2, 0) is 6.61 Å². The van der Waals surface area contributed by atoms with Gasteiger partial charge in [-0.2, -0.15) is 9.37 Å². The molecule has 1 aromatic heterocycles. The Labute approximate surface area is 116 Å². The van der Waals surface area contributed by atoms with E-state index in [4.69, 9.17) is 9.84 Å². The third kappa shape index (κ3) is 3.05. The fraction of sp³-hybridized carbons (Fsp3) is 0.167. The zero-order valence-corrected chi connectivity index (χ0v) is 11.4. The monoisotopic (exact) mass is 330 g/mol. The van der Waals surface area contributed by atoms with Crippen LogP contribution >= 0.6 is 15.9 Å². The Kier molecular flexibility index (Phi) is 4.06. The average molecular weight is 331 g/mol. The van der Waals surface area contributed by atoms with Crippen molar-refractivity contribution in [3.63, 3.8) is 0 Å². The third-order valence-corrected chi connectivity index (χ3v) is 2.85. The molecule has 0 atom stereocenters. The van der Waals surface area contributed by atoms with E-state index in [1.54, 1.807) is 6.92 Å². The van der Waals surface area contributed by atoms with Gasteiger partial charge in [0.15, 0.2) is 11.6 Å². The van der Waals surface area contributed by atoms with E-state index in [1.165, 1.54) is 12.3 Å². The number of halogens is 3. The highest BCUT2D eigenvalue weighted by Gasteiger charge is 2.14. The second kappa shape index (κ2) is 5.58. The number of hydrogen-bond donors (Lipinski definition) is 1. The van der Waals surface area contributed by atoms with Crippen LogP contribution in [0.15, 0.2) is 22.8 Å². The summed E-state index contributed by atoms with van der Waals surface area (Å²) in [5.41, 5.74) is 1.04. The molecule has 0 aliphatic rings. The average Bonchev–Trinajstić information content (AvgIpc) is 2.35. The van der Waals surface area contributed by atoms with Gasteiger partial charge < -0.3 is 9.84 Å². The van der Waals surface area contributed by atoms with Crippen LogP contribution in [0.25, 0.3) is 0 Å². The number of aryl methyl sites for hydroxylation is 1. The Morgan fingerprint density at radius 2 is 2.11 bits per heavy atom. The molecule has 100 valence electrons. The highest BCUT2D eigenvalue weighted by Crippen LogP contribution is 2.28. The molecule has 0 aliphatic heterocycles. The number of rotatable bonds is 3. The number of aromatic nitrogens is 2. The molecule has 0 amide bonds. The van der Waals surface area contributed by atoms with E-state index in [1.807, 2.05) is 0 Å². The van der Waals surface area contributed by atoms with Crippen LogP contribution in [0.2, 0.25) is 0 Å². The molecule has 0 fully saturated rings. The summed E-state index contributed by atoms with van der Waals surface area (Å²) in [7, 11) is 0. The molecule has 0 bridgehead atoms. The topological polar surface area (TPSA) is 55.2 Å². The molecule has 2 aromatic rings. The third-order valence-electron chi connectivity index (χ3n) is 2.39. The number of benzene rings is 1. The largest absolute Gasteiger partial charge is 0.421 e. The van der Waals surface area contributed by atoms with E-state index in [-0.39, 0.29) is 18.4 Å². The molecule has 7 heteroatoms. The van der Waals surface area contributed by atoms with Gasteiger partial charge in [0.1, 0.15) is 0 Å². The number of nitrogens with zero attached hydrogens (tertiary/aromatic N) is 2. The summed E-state index contributed by atoms with van der Waals surface area (Å²) in [6.07, 6.45) is 1.36.